The van der Waals surface area contributed by atoms with Crippen molar-refractivity contribution in [2.45, 2.75) is 27.7 Å². The first-order valence-electron chi connectivity index (χ1n) is 9.15. The molecule has 0 spiro atoms. The van der Waals surface area contributed by atoms with Crippen LogP contribution in [0.25, 0.3) is 11.8 Å². The Kier molecular flexibility index (Phi) is 4.47. The van der Waals surface area contributed by atoms with Crippen molar-refractivity contribution in [3.63, 3.8) is 0 Å². The summed E-state index contributed by atoms with van der Waals surface area (Å²) in [6, 6.07) is 13.3. The first-order valence-corrected chi connectivity index (χ1v) is 9.95. The smallest absolute Gasteiger partial charge is 0.197 e. The number of rotatable bonds is 2. The zero-order chi connectivity index (χ0) is 20.2. The second kappa shape index (κ2) is 6.71. The van der Waals surface area contributed by atoms with Gasteiger partial charge in [-0.2, -0.15) is 0 Å². The lowest BCUT2D eigenvalue weighted by Gasteiger charge is -2.13. The van der Waals surface area contributed by atoms with E-state index in [1.54, 1.807) is 30.3 Å². The number of Topliss-reactive ketones (excluding diaryl/α,β-unsaturated/α-hetero) is 2. The summed E-state index contributed by atoms with van der Waals surface area (Å²) >= 11 is 3.62. The van der Waals surface area contributed by atoms with Crippen LogP contribution in [0.3, 0.4) is 0 Å². The molecular weight excluding hydrogens is 414 g/mol. The van der Waals surface area contributed by atoms with Gasteiger partial charge in [-0.05, 0) is 68.7 Å². The van der Waals surface area contributed by atoms with Gasteiger partial charge < -0.3 is 4.57 Å². The van der Waals surface area contributed by atoms with Crippen LogP contribution in [-0.4, -0.2) is 16.1 Å². The Labute approximate surface area is 172 Å². The quantitative estimate of drug-likeness (QED) is 0.370. The molecule has 4 rings (SSSR count). The van der Waals surface area contributed by atoms with E-state index in [0.717, 1.165) is 27.1 Å². The summed E-state index contributed by atoms with van der Waals surface area (Å²) in [5, 5.41) is 0. The Balaban J connectivity index is 1.83. The van der Waals surface area contributed by atoms with Gasteiger partial charge in [0.25, 0.3) is 0 Å². The molecular formula is C24H20BrNO2. The molecule has 0 N–H and O–H groups in total. The number of hydrogen-bond donors (Lipinski definition) is 0. The number of halogens is 1. The van der Waals surface area contributed by atoms with E-state index >= 15 is 0 Å². The molecule has 0 saturated heterocycles. The zero-order valence-corrected chi connectivity index (χ0v) is 17.8. The topological polar surface area (TPSA) is 39.1 Å². The van der Waals surface area contributed by atoms with Crippen molar-refractivity contribution in [1.82, 2.24) is 4.57 Å². The second-order valence-corrected chi connectivity index (χ2v) is 8.11. The number of ketones is 2. The Morgan fingerprint density at radius 1 is 0.857 bits per heavy atom. The summed E-state index contributed by atoms with van der Waals surface area (Å²) in [5.41, 5.74) is 7.58. The highest BCUT2D eigenvalue weighted by atomic mass is 79.9. The van der Waals surface area contributed by atoms with Crippen molar-refractivity contribution in [3.05, 3.63) is 91.7 Å². The van der Waals surface area contributed by atoms with Gasteiger partial charge in [0, 0.05) is 32.7 Å². The van der Waals surface area contributed by atoms with E-state index in [2.05, 4.69) is 46.5 Å². The summed E-state index contributed by atoms with van der Waals surface area (Å²) in [5.74, 6) is -0.388. The van der Waals surface area contributed by atoms with Gasteiger partial charge >= 0.3 is 0 Å². The normalized spacial score (nSPS) is 13.2. The van der Waals surface area contributed by atoms with Crippen LogP contribution in [0.4, 0.5) is 0 Å². The fraction of sp³-hybridized carbons (Fsp3) is 0.167. The maximum atomic E-state index is 12.7. The lowest BCUT2D eigenvalue weighted by Crippen LogP contribution is -2.02. The second-order valence-electron chi connectivity index (χ2n) is 7.32. The molecule has 140 valence electrons. The van der Waals surface area contributed by atoms with Crippen molar-refractivity contribution in [2.24, 2.45) is 0 Å². The van der Waals surface area contributed by atoms with Gasteiger partial charge in [-0.15, -0.1) is 0 Å². The third-order valence-corrected chi connectivity index (χ3v) is 6.61. The van der Waals surface area contributed by atoms with Crippen LogP contribution in [0.5, 0.6) is 0 Å². The lowest BCUT2D eigenvalue weighted by atomic mass is 10.1. The van der Waals surface area contributed by atoms with Gasteiger partial charge in [-0.3, -0.25) is 9.59 Å². The first-order chi connectivity index (χ1) is 13.3. The van der Waals surface area contributed by atoms with Crippen molar-refractivity contribution in [3.8, 4) is 5.69 Å². The van der Waals surface area contributed by atoms with Crippen LogP contribution in [-0.2, 0) is 0 Å². The van der Waals surface area contributed by atoms with Gasteiger partial charge in [0.05, 0.1) is 5.57 Å². The molecule has 4 heteroatoms. The van der Waals surface area contributed by atoms with E-state index in [1.807, 2.05) is 19.9 Å². The average molecular weight is 434 g/mol. The van der Waals surface area contributed by atoms with Gasteiger partial charge in [-0.25, -0.2) is 0 Å². The monoisotopic (exact) mass is 433 g/mol. The van der Waals surface area contributed by atoms with Gasteiger partial charge in [-0.1, -0.05) is 40.2 Å². The van der Waals surface area contributed by atoms with Crippen molar-refractivity contribution in [2.75, 3.05) is 0 Å². The molecule has 0 aliphatic heterocycles. The summed E-state index contributed by atoms with van der Waals surface area (Å²) in [7, 11) is 0. The number of carbonyl (C=O) groups excluding carboxylic acids is 2. The Morgan fingerprint density at radius 3 is 1.93 bits per heavy atom. The van der Waals surface area contributed by atoms with Gasteiger partial charge in [0.2, 0.25) is 0 Å². The molecule has 0 atom stereocenters. The molecule has 1 aliphatic carbocycles. The van der Waals surface area contributed by atoms with E-state index in [0.29, 0.717) is 11.1 Å². The van der Waals surface area contributed by atoms with Crippen LogP contribution in [0, 0.1) is 27.7 Å². The number of benzene rings is 2. The van der Waals surface area contributed by atoms with Crippen LogP contribution >= 0.6 is 15.9 Å². The molecule has 1 aromatic heterocycles. The highest BCUT2D eigenvalue weighted by molar-refractivity contribution is 9.10. The van der Waals surface area contributed by atoms with Crippen LogP contribution < -0.4 is 0 Å². The largest absolute Gasteiger partial charge is 0.318 e. The van der Waals surface area contributed by atoms with Crippen molar-refractivity contribution >= 4 is 33.6 Å². The third kappa shape index (κ3) is 2.80. The molecule has 1 aliphatic rings. The number of nitrogens with zero attached hydrogens (tertiary/aromatic N) is 1. The predicted octanol–water partition coefficient (Wildman–Crippen LogP) is 5.94. The number of carbonyl (C=O) groups is 2. The minimum atomic E-state index is -0.194. The van der Waals surface area contributed by atoms with Crippen molar-refractivity contribution in [1.29, 1.82) is 0 Å². The molecule has 3 aromatic rings. The van der Waals surface area contributed by atoms with Gasteiger partial charge in [0.15, 0.2) is 11.6 Å². The molecule has 0 amide bonds. The van der Waals surface area contributed by atoms with Crippen LogP contribution in [0.2, 0.25) is 0 Å². The summed E-state index contributed by atoms with van der Waals surface area (Å²) in [4.78, 5) is 25.4. The fourth-order valence-electron chi connectivity index (χ4n) is 3.94. The molecule has 28 heavy (non-hydrogen) atoms. The fourth-order valence-corrected chi connectivity index (χ4v) is 4.17. The lowest BCUT2D eigenvalue weighted by molar-refractivity contribution is 0.0990. The Bertz CT molecular complexity index is 1140. The number of fused-ring (bicyclic) bond motifs is 1. The molecule has 0 fully saturated rings. The predicted molar refractivity (Wildman–Crippen MR) is 115 cm³/mol. The summed E-state index contributed by atoms with van der Waals surface area (Å²) in [6.45, 7) is 8.20. The molecule has 2 aromatic carbocycles. The van der Waals surface area contributed by atoms with Crippen LogP contribution in [0.15, 0.2) is 52.5 Å². The third-order valence-electron chi connectivity index (χ3n) is 5.36. The number of aromatic nitrogens is 1. The highest BCUT2D eigenvalue weighted by Gasteiger charge is 2.32. The standard InChI is InChI=1S/C24H20BrNO2/c1-13-9-18(10-14(2)22(13)25)26-15(3)11-17(16(26)4)12-21-23(27)19-7-5-6-8-20(19)24(21)28/h5-12H,1-4H3. The van der Waals surface area contributed by atoms with E-state index in [4.69, 9.17) is 0 Å². The molecule has 3 nitrogen and oxygen atoms in total. The minimum Gasteiger partial charge on any atom is -0.318 e. The van der Waals surface area contributed by atoms with E-state index < -0.39 is 0 Å². The first kappa shape index (κ1) is 18.6. The number of hydrogen-bond acceptors (Lipinski definition) is 2. The summed E-state index contributed by atoms with van der Waals surface area (Å²) in [6.07, 6.45) is 1.74. The Morgan fingerprint density at radius 2 is 1.39 bits per heavy atom. The maximum Gasteiger partial charge on any atom is 0.197 e. The van der Waals surface area contributed by atoms with E-state index in [-0.39, 0.29) is 17.1 Å². The minimum absolute atomic E-state index is 0.194. The Hall–Kier alpha value is -2.72. The molecule has 0 saturated carbocycles. The molecule has 0 bridgehead atoms. The number of aryl methyl sites for hydroxylation is 3. The zero-order valence-electron chi connectivity index (χ0n) is 16.3. The molecule has 0 unspecified atom stereocenters. The molecule has 0 radical (unpaired) electrons. The SMILES string of the molecule is Cc1cc(-n2c(C)cc(C=C3C(=O)c4ccccc4C3=O)c2C)cc(C)c1Br. The highest BCUT2D eigenvalue weighted by Crippen LogP contribution is 2.31. The summed E-state index contributed by atoms with van der Waals surface area (Å²) < 4.78 is 3.27. The van der Waals surface area contributed by atoms with E-state index in [1.165, 1.54) is 11.1 Å². The van der Waals surface area contributed by atoms with Crippen molar-refractivity contribution < 1.29 is 9.59 Å². The van der Waals surface area contributed by atoms with Gasteiger partial charge in [0.1, 0.15) is 0 Å². The molecule has 1 heterocycles. The maximum absolute atomic E-state index is 12.7. The van der Waals surface area contributed by atoms with Crippen LogP contribution in [0.1, 0.15) is 48.8 Å². The number of allylic oxidation sites excluding steroid dienone is 1. The van der Waals surface area contributed by atoms with E-state index in [9.17, 15) is 9.59 Å². The average Bonchev–Trinajstić information content (AvgIpc) is 3.08.